The van der Waals surface area contributed by atoms with Gasteiger partial charge in [-0.15, -0.1) is 0 Å². The fraction of sp³-hybridized carbons (Fsp3) is 0.111. The SMILES string of the molecule is C[C@H](OC(=O)c1cc2ccccc2[nH]1)C(=O)c1ccc(Br)cc1. The highest BCUT2D eigenvalue weighted by Crippen LogP contribution is 2.17. The average Bonchev–Trinajstić information content (AvgIpc) is 2.99. The Kier molecular flexibility index (Phi) is 4.30. The van der Waals surface area contributed by atoms with Gasteiger partial charge in [-0.25, -0.2) is 4.79 Å². The third-order valence-electron chi connectivity index (χ3n) is 3.53. The number of benzene rings is 2. The number of aromatic amines is 1. The van der Waals surface area contributed by atoms with Crippen molar-refractivity contribution in [1.82, 2.24) is 4.98 Å². The molecule has 3 aromatic rings. The lowest BCUT2D eigenvalue weighted by Crippen LogP contribution is -2.24. The van der Waals surface area contributed by atoms with E-state index in [2.05, 4.69) is 20.9 Å². The largest absolute Gasteiger partial charge is 0.450 e. The molecule has 1 aromatic heterocycles. The Morgan fingerprint density at radius 1 is 1.09 bits per heavy atom. The molecule has 5 heteroatoms. The number of aromatic nitrogens is 1. The fourth-order valence-corrected chi connectivity index (χ4v) is 2.57. The van der Waals surface area contributed by atoms with Crippen molar-refractivity contribution in [1.29, 1.82) is 0 Å². The second kappa shape index (κ2) is 6.38. The quantitative estimate of drug-likeness (QED) is 0.547. The number of carbonyl (C=O) groups is 2. The lowest BCUT2D eigenvalue weighted by atomic mass is 10.1. The molecule has 0 aliphatic rings. The van der Waals surface area contributed by atoms with Crippen LogP contribution in [0, 0.1) is 0 Å². The van der Waals surface area contributed by atoms with Crippen LogP contribution in [0.3, 0.4) is 0 Å². The van der Waals surface area contributed by atoms with E-state index in [4.69, 9.17) is 4.74 Å². The zero-order valence-corrected chi connectivity index (χ0v) is 14.0. The number of ether oxygens (including phenoxy) is 1. The van der Waals surface area contributed by atoms with Crippen LogP contribution in [-0.4, -0.2) is 22.8 Å². The maximum atomic E-state index is 12.3. The first-order valence-electron chi connectivity index (χ1n) is 7.13. The van der Waals surface area contributed by atoms with Gasteiger partial charge in [0.05, 0.1) is 0 Å². The first kappa shape index (κ1) is 15.5. The molecule has 0 spiro atoms. The van der Waals surface area contributed by atoms with Crippen LogP contribution in [-0.2, 0) is 4.74 Å². The fourth-order valence-electron chi connectivity index (χ4n) is 2.31. The molecule has 0 aliphatic carbocycles. The molecule has 0 fully saturated rings. The monoisotopic (exact) mass is 371 g/mol. The van der Waals surface area contributed by atoms with E-state index in [1.807, 2.05) is 24.3 Å². The molecule has 116 valence electrons. The maximum absolute atomic E-state index is 12.3. The highest BCUT2D eigenvalue weighted by molar-refractivity contribution is 9.10. The van der Waals surface area contributed by atoms with Gasteiger partial charge < -0.3 is 9.72 Å². The molecule has 0 saturated carbocycles. The molecule has 0 unspecified atom stereocenters. The molecule has 0 radical (unpaired) electrons. The van der Waals surface area contributed by atoms with Crippen LogP contribution < -0.4 is 0 Å². The predicted octanol–water partition coefficient (Wildman–Crippen LogP) is 4.36. The number of para-hydroxylation sites is 1. The lowest BCUT2D eigenvalue weighted by Gasteiger charge is -2.11. The predicted molar refractivity (Wildman–Crippen MR) is 91.6 cm³/mol. The standard InChI is InChI=1S/C18H14BrNO3/c1-11(17(21)12-6-8-14(19)9-7-12)23-18(22)16-10-13-4-2-3-5-15(13)20-16/h2-11,20H,1H3/t11-/m0/s1. The summed E-state index contributed by atoms with van der Waals surface area (Å²) in [5.74, 6) is -0.777. The molecular weight excluding hydrogens is 358 g/mol. The molecule has 1 atom stereocenters. The second-order valence-electron chi connectivity index (χ2n) is 5.19. The van der Waals surface area contributed by atoms with Crippen LogP contribution in [0.5, 0.6) is 0 Å². The maximum Gasteiger partial charge on any atom is 0.355 e. The first-order valence-corrected chi connectivity index (χ1v) is 7.92. The molecule has 0 aliphatic heterocycles. The van der Waals surface area contributed by atoms with Crippen molar-refractivity contribution in [2.45, 2.75) is 13.0 Å². The van der Waals surface area contributed by atoms with Crippen LogP contribution in [0.1, 0.15) is 27.8 Å². The van der Waals surface area contributed by atoms with Gasteiger partial charge in [0, 0.05) is 20.9 Å². The van der Waals surface area contributed by atoms with Gasteiger partial charge >= 0.3 is 5.97 Å². The van der Waals surface area contributed by atoms with E-state index in [1.165, 1.54) is 0 Å². The first-order chi connectivity index (χ1) is 11.0. The van der Waals surface area contributed by atoms with E-state index < -0.39 is 12.1 Å². The van der Waals surface area contributed by atoms with Crippen LogP contribution in [0.15, 0.2) is 59.1 Å². The molecule has 1 N–H and O–H groups in total. The Morgan fingerprint density at radius 2 is 1.78 bits per heavy atom. The number of carbonyl (C=O) groups excluding carboxylic acids is 2. The van der Waals surface area contributed by atoms with Crippen LogP contribution in [0.2, 0.25) is 0 Å². The van der Waals surface area contributed by atoms with Crippen molar-refractivity contribution in [3.63, 3.8) is 0 Å². The van der Waals surface area contributed by atoms with Crippen molar-refractivity contribution < 1.29 is 14.3 Å². The third-order valence-corrected chi connectivity index (χ3v) is 4.06. The molecule has 1 heterocycles. The van der Waals surface area contributed by atoms with Crippen molar-refractivity contribution in [3.05, 3.63) is 70.3 Å². The van der Waals surface area contributed by atoms with Gasteiger partial charge in [-0.3, -0.25) is 4.79 Å². The Hall–Kier alpha value is -2.40. The van der Waals surface area contributed by atoms with E-state index in [-0.39, 0.29) is 5.78 Å². The summed E-state index contributed by atoms with van der Waals surface area (Å²) in [7, 11) is 0. The minimum Gasteiger partial charge on any atom is -0.450 e. The number of ketones is 1. The van der Waals surface area contributed by atoms with Crippen LogP contribution >= 0.6 is 15.9 Å². The molecule has 0 bridgehead atoms. The molecule has 23 heavy (non-hydrogen) atoms. The molecule has 0 amide bonds. The van der Waals surface area contributed by atoms with Gasteiger partial charge in [-0.2, -0.15) is 0 Å². The lowest BCUT2D eigenvalue weighted by molar-refractivity contribution is 0.0314. The number of halogens is 1. The Bertz CT molecular complexity index is 834. The van der Waals surface area contributed by atoms with Crippen molar-refractivity contribution >= 4 is 38.6 Å². The number of hydrogen-bond acceptors (Lipinski definition) is 3. The number of H-pyrrole nitrogens is 1. The van der Waals surface area contributed by atoms with E-state index in [0.717, 1.165) is 15.4 Å². The Balaban J connectivity index is 1.73. The third kappa shape index (κ3) is 3.35. The number of hydrogen-bond donors (Lipinski definition) is 1. The second-order valence-corrected chi connectivity index (χ2v) is 6.10. The van der Waals surface area contributed by atoms with E-state index >= 15 is 0 Å². The molecular formula is C18H14BrNO3. The van der Waals surface area contributed by atoms with E-state index in [9.17, 15) is 9.59 Å². The Morgan fingerprint density at radius 3 is 2.48 bits per heavy atom. The van der Waals surface area contributed by atoms with Crippen molar-refractivity contribution in [2.24, 2.45) is 0 Å². The highest BCUT2D eigenvalue weighted by atomic mass is 79.9. The van der Waals surface area contributed by atoms with Gasteiger partial charge in [0.15, 0.2) is 6.10 Å². The highest BCUT2D eigenvalue weighted by Gasteiger charge is 2.21. The number of nitrogens with one attached hydrogen (secondary N) is 1. The molecule has 0 saturated heterocycles. The van der Waals surface area contributed by atoms with E-state index in [0.29, 0.717) is 11.3 Å². The number of esters is 1. The summed E-state index contributed by atoms with van der Waals surface area (Å²) in [6, 6.07) is 16.2. The minimum atomic E-state index is -0.852. The summed E-state index contributed by atoms with van der Waals surface area (Å²) in [6.07, 6.45) is -0.852. The smallest absolute Gasteiger partial charge is 0.355 e. The van der Waals surface area contributed by atoms with E-state index in [1.54, 1.807) is 37.3 Å². The van der Waals surface area contributed by atoms with Gasteiger partial charge in [0.2, 0.25) is 5.78 Å². The molecule has 3 rings (SSSR count). The topological polar surface area (TPSA) is 59.2 Å². The zero-order valence-electron chi connectivity index (χ0n) is 12.4. The van der Waals surface area contributed by atoms with Crippen LogP contribution in [0.4, 0.5) is 0 Å². The van der Waals surface area contributed by atoms with Gasteiger partial charge in [0.25, 0.3) is 0 Å². The number of fused-ring (bicyclic) bond motifs is 1. The number of rotatable bonds is 4. The summed E-state index contributed by atoms with van der Waals surface area (Å²) >= 11 is 3.32. The summed E-state index contributed by atoms with van der Waals surface area (Å²) in [4.78, 5) is 27.5. The van der Waals surface area contributed by atoms with Gasteiger partial charge in [-0.05, 0) is 31.2 Å². The van der Waals surface area contributed by atoms with Crippen molar-refractivity contribution in [2.75, 3.05) is 0 Å². The molecule has 4 nitrogen and oxygen atoms in total. The normalized spacial score (nSPS) is 12.1. The van der Waals surface area contributed by atoms with Gasteiger partial charge in [-0.1, -0.05) is 46.3 Å². The van der Waals surface area contributed by atoms with Crippen molar-refractivity contribution in [3.8, 4) is 0 Å². The zero-order chi connectivity index (χ0) is 16.4. The summed E-state index contributed by atoms with van der Waals surface area (Å²) in [6.45, 7) is 1.57. The van der Waals surface area contributed by atoms with Gasteiger partial charge in [0.1, 0.15) is 5.69 Å². The summed E-state index contributed by atoms with van der Waals surface area (Å²) in [5, 5.41) is 0.923. The van der Waals surface area contributed by atoms with Crippen LogP contribution in [0.25, 0.3) is 10.9 Å². The minimum absolute atomic E-state index is 0.234. The summed E-state index contributed by atoms with van der Waals surface area (Å²) < 4.78 is 6.17. The average molecular weight is 372 g/mol. The molecule has 2 aromatic carbocycles. The number of Topliss-reactive ketones (excluding diaryl/α,β-unsaturated/α-hetero) is 1. The Labute approximate surface area is 141 Å². The summed E-state index contributed by atoms with van der Waals surface area (Å²) in [5.41, 5.74) is 1.69.